The number of alkyl halides is 3. The van der Waals surface area contributed by atoms with Crippen LogP contribution in [0.3, 0.4) is 0 Å². The minimum atomic E-state index is -4.33. The van der Waals surface area contributed by atoms with Gasteiger partial charge in [0.25, 0.3) is 11.5 Å². The molecule has 5 heterocycles. The van der Waals surface area contributed by atoms with Gasteiger partial charge < -0.3 is 29.2 Å². The Kier molecular flexibility index (Phi) is 9.83. The van der Waals surface area contributed by atoms with Crippen LogP contribution in [0.2, 0.25) is 0 Å². The van der Waals surface area contributed by atoms with E-state index in [-0.39, 0.29) is 75.7 Å². The van der Waals surface area contributed by atoms with Crippen molar-refractivity contribution < 1.29 is 32.2 Å². The number of hydrogen-bond donors (Lipinski definition) is 1. The first-order valence-corrected chi connectivity index (χ1v) is 19.1. The molecule has 4 aliphatic rings. The summed E-state index contributed by atoms with van der Waals surface area (Å²) in [6.45, 7) is 5.57. The monoisotopic (exact) mass is 775 g/mol. The average molecular weight is 776 g/mol. The van der Waals surface area contributed by atoms with E-state index in [0.717, 1.165) is 11.1 Å². The molecule has 17 heteroatoms. The number of benzene rings is 1. The van der Waals surface area contributed by atoms with E-state index < -0.39 is 28.6 Å². The zero-order valence-corrected chi connectivity index (χ0v) is 31.4. The third-order valence-electron chi connectivity index (χ3n) is 11.9. The van der Waals surface area contributed by atoms with Crippen molar-refractivity contribution in [2.45, 2.75) is 83.7 Å². The van der Waals surface area contributed by atoms with Crippen LogP contribution in [0.15, 0.2) is 47.5 Å². The van der Waals surface area contributed by atoms with E-state index in [4.69, 9.17) is 14.5 Å². The van der Waals surface area contributed by atoms with Crippen molar-refractivity contribution >= 4 is 28.9 Å². The van der Waals surface area contributed by atoms with Crippen LogP contribution in [-0.4, -0.2) is 97.0 Å². The molecule has 1 aromatic carbocycles. The minimum Gasteiger partial charge on any atom is -0.485 e. The second-order valence-electron chi connectivity index (χ2n) is 15.2. The molecule has 14 nitrogen and oxygen atoms in total. The summed E-state index contributed by atoms with van der Waals surface area (Å²) >= 11 is 0. The lowest BCUT2D eigenvalue weighted by Crippen LogP contribution is -2.51. The van der Waals surface area contributed by atoms with Crippen molar-refractivity contribution in [3.63, 3.8) is 0 Å². The first kappa shape index (κ1) is 37.6. The molecule has 2 saturated carbocycles. The predicted octanol–water partition coefficient (Wildman–Crippen LogP) is 4.28. The highest BCUT2D eigenvalue weighted by Gasteiger charge is 2.66. The number of halogens is 3. The van der Waals surface area contributed by atoms with Crippen LogP contribution in [0.25, 0.3) is 11.4 Å². The molecule has 4 aromatic rings. The minimum absolute atomic E-state index is 0.0108. The summed E-state index contributed by atoms with van der Waals surface area (Å²) in [4.78, 5) is 59.1. The maximum Gasteiger partial charge on any atom is 0.394 e. The molecular formula is C39H44F3N9O5. The van der Waals surface area contributed by atoms with Crippen LogP contribution >= 0.6 is 0 Å². The summed E-state index contributed by atoms with van der Waals surface area (Å²) in [7, 11) is 0. The molecular weight excluding hydrogens is 731 g/mol. The Morgan fingerprint density at radius 2 is 1.79 bits per heavy atom. The second kappa shape index (κ2) is 14.6. The number of anilines is 1. The molecule has 3 fully saturated rings. The lowest BCUT2D eigenvalue weighted by Gasteiger charge is -2.37. The van der Waals surface area contributed by atoms with Gasteiger partial charge >= 0.3 is 6.18 Å². The second-order valence-corrected chi connectivity index (χ2v) is 15.2. The number of ether oxygens (including phenoxy) is 2. The van der Waals surface area contributed by atoms with E-state index in [1.54, 1.807) is 16.4 Å². The van der Waals surface area contributed by atoms with Gasteiger partial charge in [0.2, 0.25) is 11.7 Å². The van der Waals surface area contributed by atoms with Gasteiger partial charge in [0.05, 0.1) is 30.0 Å². The third kappa shape index (κ3) is 6.79. The van der Waals surface area contributed by atoms with Crippen molar-refractivity contribution in [3.8, 4) is 5.75 Å². The molecule has 56 heavy (non-hydrogen) atoms. The van der Waals surface area contributed by atoms with E-state index in [9.17, 15) is 27.6 Å². The number of amides is 2. The van der Waals surface area contributed by atoms with Crippen LogP contribution in [-0.2, 0) is 29.1 Å². The lowest BCUT2D eigenvalue weighted by atomic mass is 9.83. The summed E-state index contributed by atoms with van der Waals surface area (Å²) in [6, 6.07) is 9.58. The fraction of sp³-hybridized carbons (Fsp3) is 0.513. The van der Waals surface area contributed by atoms with Gasteiger partial charge in [-0.2, -0.15) is 22.7 Å². The van der Waals surface area contributed by atoms with Crippen LogP contribution in [0.4, 0.5) is 18.9 Å². The first-order chi connectivity index (χ1) is 26.9. The topological polar surface area (TPSA) is 149 Å². The number of nitrogens with zero attached hydrogens (tertiary/aromatic N) is 8. The van der Waals surface area contributed by atoms with Crippen molar-refractivity contribution in [1.82, 2.24) is 39.3 Å². The maximum absolute atomic E-state index is 14.4. The average Bonchev–Trinajstić information content (AvgIpc) is 3.93. The standard InChI is InChI=1S/C39H44F3N9O5/c1-3-28-31(48-15-17-49(18-16-48)34(53)30-32(25(2)43-24-44-30)56-22-26-7-5-4-6-8-26)35(54)51-36(45-33(47-51)27-9-19-55-20-10-27)50(28)21-29(52)46-38-13-11-37(23-38,12-14-38)39(40,41)42/h4-9,24H,3,10-23H2,1-2H3,(H,46,52). The van der Waals surface area contributed by atoms with Gasteiger partial charge in [0.1, 0.15) is 25.2 Å². The number of rotatable bonds is 10. The molecule has 0 atom stereocenters. The summed E-state index contributed by atoms with van der Waals surface area (Å²) in [5, 5.41) is 7.61. The number of nitrogens with one attached hydrogen (secondary N) is 1. The maximum atomic E-state index is 14.4. The van der Waals surface area contributed by atoms with Crippen molar-refractivity contribution in [2.24, 2.45) is 5.41 Å². The van der Waals surface area contributed by atoms with Gasteiger partial charge in [-0.25, -0.2) is 9.97 Å². The molecule has 1 N–H and O–H groups in total. The van der Waals surface area contributed by atoms with Gasteiger partial charge in [-0.15, -0.1) is 5.10 Å². The summed E-state index contributed by atoms with van der Waals surface area (Å²) in [5.41, 5.74) is 0.194. The van der Waals surface area contributed by atoms with Crippen molar-refractivity contribution in [2.75, 3.05) is 44.3 Å². The zero-order chi connectivity index (χ0) is 39.2. The number of fused-ring (bicyclic) bond motifs is 3. The fourth-order valence-electron chi connectivity index (χ4n) is 8.84. The molecule has 8 rings (SSSR count). The van der Waals surface area contributed by atoms with Crippen LogP contribution in [0, 0.1) is 12.3 Å². The Labute approximate surface area is 320 Å². The van der Waals surface area contributed by atoms with Crippen LogP contribution < -0.4 is 20.5 Å². The Balaban J connectivity index is 1.07. The number of aromatic nitrogens is 6. The van der Waals surface area contributed by atoms with Crippen LogP contribution in [0.5, 0.6) is 5.75 Å². The molecule has 0 unspecified atom stereocenters. The summed E-state index contributed by atoms with van der Waals surface area (Å²) < 4.78 is 56.6. The van der Waals surface area contributed by atoms with Gasteiger partial charge in [0, 0.05) is 31.7 Å². The molecule has 2 amide bonds. The molecule has 2 aliphatic heterocycles. The summed E-state index contributed by atoms with van der Waals surface area (Å²) in [6.07, 6.45) is 0.116. The SMILES string of the molecule is CCc1c(N2CCN(C(=O)c3ncnc(C)c3OCc3ccccc3)CC2)c(=O)n2nc(C3=CCOCC3)nc2n1CC(=O)NC12CCC(C(F)(F)F)(CC1)C2. The fourth-order valence-corrected chi connectivity index (χ4v) is 8.84. The van der Waals surface area contributed by atoms with Crippen molar-refractivity contribution in [1.29, 1.82) is 0 Å². The smallest absolute Gasteiger partial charge is 0.394 e. The van der Waals surface area contributed by atoms with E-state index in [2.05, 4.69) is 20.4 Å². The normalized spacial score (nSPS) is 22.4. The highest BCUT2D eigenvalue weighted by Crippen LogP contribution is 2.63. The largest absolute Gasteiger partial charge is 0.485 e. The quantitative estimate of drug-likeness (QED) is 0.248. The molecule has 0 spiro atoms. The molecule has 0 radical (unpaired) electrons. The van der Waals surface area contributed by atoms with E-state index in [0.29, 0.717) is 67.8 Å². The Hall–Kier alpha value is -5.32. The van der Waals surface area contributed by atoms with Gasteiger partial charge in [0.15, 0.2) is 17.3 Å². The van der Waals surface area contributed by atoms with Crippen LogP contribution in [0.1, 0.15) is 78.7 Å². The molecule has 3 aromatic heterocycles. The number of carbonyl (C=O) groups excluding carboxylic acids is 2. The molecule has 2 aliphatic carbocycles. The van der Waals surface area contributed by atoms with Gasteiger partial charge in [-0.3, -0.25) is 14.4 Å². The predicted molar refractivity (Wildman–Crippen MR) is 198 cm³/mol. The highest BCUT2D eigenvalue weighted by molar-refractivity contribution is 5.95. The Bertz CT molecular complexity index is 2240. The Morgan fingerprint density at radius 1 is 1.04 bits per heavy atom. The third-order valence-corrected chi connectivity index (χ3v) is 11.9. The summed E-state index contributed by atoms with van der Waals surface area (Å²) in [5.74, 6) is 0.0524. The highest BCUT2D eigenvalue weighted by atomic mass is 19.4. The number of hydrogen-bond acceptors (Lipinski definition) is 10. The van der Waals surface area contributed by atoms with Gasteiger partial charge in [-0.05, 0) is 63.0 Å². The number of piperazine rings is 1. The first-order valence-electron chi connectivity index (χ1n) is 19.1. The van der Waals surface area contributed by atoms with E-state index >= 15 is 0 Å². The number of aryl methyl sites for hydroxylation is 1. The van der Waals surface area contributed by atoms with Crippen molar-refractivity contribution in [3.05, 3.63) is 81.6 Å². The van der Waals surface area contributed by atoms with E-state index in [1.165, 1.54) is 10.8 Å². The van der Waals surface area contributed by atoms with E-state index in [1.807, 2.05) is 48.2 Å². The zero-order valence-electron chi connectivity index (χ0n) is 31.4. The lowest BCUT2D eigenvalue weighted by molar-refractivity contribution is -0.220. The molecule has 2 bridgehead atoms. The molecule has 296 valence electrons. The number of carbonyl (C=O) groups is 2. The molecule has 1 saturated heterocycles. The Morgan fingerprint density at radius 3 is 2.45 bits per heavy atom. The van der Waals surface area contributed by atoms with Gasteiger partial charge in [-0.1, -0.05) is 43.3 Å².